The summed E-state index contributed by atoms with van der Waals surface area (Å²) in [5.41, 5.74) is 1.50. The molecular weight excluding hydrogens is 390 g/mol. The van der Waals surface area contributed by atoms with Gasteiger partial charge < -0.3 is 24.3 Å². The van der Waals surface area contributed by atoms with Gasteiger partial charge in [0.15, 0.2) is 23.4 Å². The van der Waals surface area contributed by atoms with E-state index in [-0.39, 0.29) is 12.2 Å². The predicted octanol–water partition coefficient (Wildman–Crippen LogP) is 3.03. The van der Waals surface area contributed by atoms with E-state index < -0.39 is 18.0 Å². The van der Waals surface area contributed by atoms with E-state index in [9.17, 15) is 14.4 Å². The Labute approximate surface area is 175 Å². The molecule has 1 N–H and O–H groups in total. The van der Waals surface area contributed by atoms with Crippen molar-refractivity contribution in [3.63, 3.8) is 0 Å². The van der Waals surface area contributed by atoms with Crippen molar-refractivity contribution in [2.24, 2.45) is 0 Å². The molecule has 1 atom stereocenters. The second kappa shape index (κ2) is 10.3. The molecule has 2 aromatic carbocycles. The Hall–Kier alpha value is -3.55. The number of hydrogen-bond acceptors (Lipinski definition) is 7. The summed E-state index contributed by atoms with van der Waals surface area (Å²) in [4.78, 5) is 36.1. The Morgan fingerprint density at radius 3 is 2.13 bits per heavy atom. The Bertz CT molecular complexity index is 914. The van der Waals surface area contributed by atoms with Crippen molar-refractivity contribution in [1.29, 1.82) is 0 Å². The lowest BCUT2D eigenvalue weighted by Gasteiger charge is -2.16. The van der Waals surface area contributed by atoms with Crippen LogP contribution in [0.5, 0.6) is 17.2 Å². The fourth-order valence-corrected chi connectivity index (χ4v) is 2.76. The van der Waals surface area contributed by atoms with Crippen molar-refractivity contribution in [3.8, 4) is 17.2 Å². The normalized spacial score (nSPS) is 11.2. The predicted molar refractivity (Wildman–Crippen MR) is 110 cm³/mol. The summed E-state index contributed by atoms with van der Waals surface area (Å²) in [5, 5.41) is 2.63. The lowest BCUT2D eigenvalue weighted by molar-refractivity contribution is -0.152. The molecule has 0 aliphatic heterocycles. The second-order valence-corrected chi connectivity index (χ2v) is 6.47. The van der Waals surface area contributed by atoms with Crippen LogP contribution >= 0.6 is 0 Å². The molecule has 30 heavy (non-hydrogen) atoms. The summed E-state index contributed by atoms with van der Waals surface area (Å²) >= 11 is 0. The Morgan fingerprint density at radius 2 is 1.60 bits per heavy atom. The van der Waals surface area contributed by atoms with Crippen LogP contribution in [0.4, 0.5) is 5.69 Å². The number of ether oxygens (including phenoxy) is 4. The minimum atomic E-state index is -1.03. The van der Waals surface area contributed by atoms with E-state index in [0.29, 0.717) is 34.1 Å². The van der Waals surface area contributed by atoms with E-state index in [1.807, 2.05) is 0 Å². The van der Waals surface area contributed by atoms with Gasteiger partial charge in [-0.25, -0.2) is 0 Å². The number of ketones is 1. The molecule has 160 valence electrons. The minimum Gasteiger partial charge on any atom is -0.493 e. The van der Waals surface area contributed by atoms with Gasteiger partial charge in [-0.15, -0.1) is 0 Å². The molecule has 0 heterocycles. The van der Waals surface area contributed by atoms with Crippen LogP contribution in [-0.4, -0.2) is 45.1 Å². The largest absolute Gasteiger partial charge is 0.493 e. The lowest BCUT2D eigenvalue weighted by Crippen LogP contribution is -2.30. The zero-order valence-corrected chi connectivity index (χ0v) is 17.6. The van der Waals surface area contributed by atoms with Gasteiger partial charge in [0.05, 0.1) is 27.8 Å². The van der Waals surface area contributed by atoms with Crippen molar-refractivity contribution >= 4 is 23.3 Å². The molecule has 0 aliphatic rings. The lowest BCUT2D eigenvalue weighted by atomic mass is 10.1. The van der Waals surface area contributed by atoms with E-state index >= 15 is 0 Å². The van der Waals surface area contributed by atoms with Gasteiger partial charge in [-0.1, -0.05) is 12.1 Å². The first kappa shape index (κ1) is 22.7. The smallest absolute Gasteiger partial charge is 0.311 e. The van der Waals surface area contributed by atoms with Gasteiger partial charge in [0.2, 0.25) is 5.75 Å². The van der Waals surface area contributed by atoms with Crippen LogP contribution in [0.2, 0.25) is 0 Å². The average molecular weight is 415 g/mol. The van der Waals surface area contributed by atoms with Gasteiger partial charge >= 0.3 is 5.97 Å². The number of anilines is 1. The topological polar surface area (TPSA) is 100 Å². The van der Waals surface area contributed by atoms with Crippen LogP contribution < -0.4 is 19.5 Å². The third-order valence-electron chi connectivity index (χ3n) is 4.29. The summed E-state index contributed by atoms with van der Waals surface area (Å²) < 4.78 is 21.0. The number of esters is 1. The molecule has 0 radical (unpaired) electrons. The number of carbonyl (C=O) groups excluding carboxylic acids is 3. The highest BCUT2D eigenvalue weighted by atomic mass is 16.5. The fraction of sp³-hybridized carbons (Fsp3) is 0.318. The fourth-order valence-electron chi connectivity index (χ4n) is 2.76. The molecule has 0 spiro atoms. The first-order valence-electron chi connectivity index (χ1n) is 9.19. The number of Topliss-reactive ketones (excluding diaryl/α,β-unsaturated/α-hetero) is 1. The summed E-state index contributed by atoms with van der Waals surface area (Å²) in [5.74, 6) is 0.0264. The Kier molecular flexibility index (Phi) is 7.80. The number of rotatable bonds is 9. The van der Waals surface area contributed by atoms with Crippen LogP contribution in [0.1, 0.15) is 29.8 Å². The molecule has 2 aromatic rings. The van der Waals surface area contributed by atoms with Gasteiger partial charge in [0.1, 0.15) is 0 Å². The van der Waals surface area contributed by atoms with Crippen molar-refractivity contribution < 1.29 is 33.3 Å². The molecule has 0 saturated heterocycles. The molecule has 0 aliphatic carbocycles. The second-order valence-electron chi connectivity index (χ2n) is 6.47. The molecule has 0 fully saturated rings. The Balaban J connectivity index is 2.03. The molecule has 8 heteroatoms. The quantitative estimate of drug-likeness (QED) is 0.496. The molecule has 0 saturated carbocycles. The monoisotopic (exact) mass is 415 g/mol. The standard InChI is InChI=1S/C22H25NO7/c1-13(24)16-7-6-8-17(12-16)23-22(26)14(2)30-20(25)11-15-9-18(27-3)21(29-5)19(10-15)28-4/h6-10,12,14H,11H2,1-5H3,(H,23,26)/t14-/m0/s1. The minimum absolute atomic E-state index is 0.0891. The van der Waals surface area contributed by atoms with Crippen molar-refractivity contribution in [3.05, 3.63) is 47.5 Å². The number of benzene rings is 2. The van der Waals surface area contributed by atoms with Crippen LogP contribution in [0, 0.1) is 0 Å². The van der Waals surface area contributed by atoms with E-state index in [0.717, 1.165) is 0 Å². The number of methoxy groups -OCH3 is 3. The van der Waals surface area contributed by atoms with E-state index in [1.165, 1.54) is 35.2 Å². The van der Waals surface area contributed by atoms with Gasteiger partial charge in [-0.2, -0.15) is 0 Å². The molecule has 0 unspecified atom stereocenters. The zero-order valence-electron chi connectivity index (χ0n) is 17.6. The van der Waals surface area contributed by atoms with E-state index in [4.69, 9.17) is 18.9 Å². The maximum absolute atomic E-state index is 12.3. The number of nitrogens with one attached hydrogen (secondary N) is 1. The summed E-state index contributed by atoms with van der Waals surface area (Å²) in [6.07, 6.45) is -1.12. The molecule has 8 nitrogen and oxygen atoms in total. The van der Waals surface area contributed by atoms with Gasteiger partial charge in [0.25, 0.3) is 5.91 Å². The molecule has 0 aromatic heterocycles. The van der Waals surface area contributed by atoms with Crippen molar-refractivity contribution in [1.82, 2.24) is 0 Å². The van der Waals surface area contributed by atoms with E-state index in [2.05, 4.69) is 5.32 Å². The van der Waals surface area contributed by atoms with Gasteiger partial charge in [-0.05, 0) is 43.7 Å². The van der Waals surface area contributed by atoms with Crippen LogP contribution in [0.3, 0.4) is 0 Å². The third-order valence-corrected chi connectivity index (χ3v) is 4.29. The molecule has 0 bridgehead atoms. The highest BCUT2D eigenvalue weighted by Crippen LogP contribution is 2.38. The van der Waals surface area contributed by atoms with Crippen LogP contribution in [0.25, 0.3) is 0 Å². The molecular formula is C22H25NO7. The summed E-state index contributed by atoms with van der Waals surface area (Å²) in [7, 11) is 4.44. The highest BCUT2D eigenvalue weighted by molar-refractivity contribution is 5.98. The van der Waals surface area contributed by atoms with Crippen molar-refractivity contribution in [2.75, 3.05) is 26.6 Å². The molecule has 1 amide bonds. The Morgan fingerprint density at radius 1 is 0.967 bits per heavy atom. The molecule has 2 rings (SSSR count). The van der Waals surface area contributed by atoms with Gasteiger partial charge in [0, 0.05) is 11.3 Å². The average Bonchev–Trinajstić information content (AvgIpc) is 2.72. The van der Waals surface area contributed by atoms with Gasteiger partial charge in [-0.3, -0.25) is 14.4 Å². The maximum atomic E-state index is 12.3. The first-order chi connectivity index (χ1) is 14.3. The number of carbonyl (C=O) groups is 3. The highest BCUT2D eigenvalue weighted by Gasteiger charge is 2.20. The summed E-state index contributed by atoms with van der Waals surface area (Å²) in [6.45, 7) is 2.91. The maximum Gasteiger partial charge on any atom is 0.311 e. The van der Waals surface area contributed by atoms with E-state index in [1.54, 1.807) is 36.4 Å². The van der Waals surface area contributed by atoms with Crippen LogP contribution in [0.15, 0.2) is 36.4 Å². The zero-order chi connectivity index (χ0) is 22.3. The van der Waals surface area contributed by atoms with Crippen molar-refractivity contribution in [2.45, 2.75) is 26.4 Å². The number of amides is 1. The summed E-state index contributed by atoms with van der Waals surface area (Å²) in [6, 6.07) is 9.80. The third kappa shape index (κ3) is 5.73. The first-order valence-corrected chi connectivity index (χ1v) is 9.19. The SMILES string of the molecule is COc1cc(CC(=O)O[C@@H](C)C(=O)Nc2cccc(C(C)=O)c2)cc(OC)c1OC. The van der Waals surface area contributed by atoms with Crippen LogP contribution in [-0.2, 0) is 20.7 Å². The number of hydrogen-bond donors (Lipinski definition) is 1.